The van der Waals surface area contributed by atoms with E-state index in [1.54, 1.807) is 0 Å². The van der Waals surface area contributed by atoms with E-state index in [2.05, 4.69) is 32.9 Å². The fourth-order valence-corrected chi connectivity index (χ4v) is 3.16. The highest BCUT2D eigenvalue weighted by Crippen LogP contribution is 2.28. The SMILES string of the molecule is CCn1nc(C)c(Br)c1CN1CC(C)C(C(=O)O)C1. The van der Waals surface area contributed by atoms with E-state index >= 15 is 0 Å². The molecule has 1 aromatic heterocycles. The van der Waals surface area contributed by atoms with Gasteiger partial charge >= 0.3 is 5.97 Å². The van der Waals surface area contributed by atoms with Crippen molar-refractivity contribution >= 4 is 21.9 Å². The van der Waals surface area contributed by atoms with Gasteiger partial charge < -0.3 is 5.11 Å². The maximum Gasteiger partial charge on any atom is 0.308 e. The molecular formula is C13H20BrN3O2. The molecule has 2 atom stereocenters. The summed E-state index contributed by atoms with van der Waals surface area (Å²) in [5.41, 5.74) is 2.12. The summed E-state index contributed by atoms with van der Waals surface area (Å²) < 4.78 is 3.03. The van der Waals surface area contributed by atoms with E-state index in [1.165, 1.54) is 0 Å². The molecule has 6 heteroatoms. The molecule has 1 fully saturated rings. The summed E-state index contributed by atoms with van der Waals surface area (Å²) in [4.78, 5) is 13.4. The molecule has 0 aromatic carbocycles. The van der Waals surface area contributed by atoms with E-state index in [9.17, 15) is 9.90 Å². The maximum absolute atomic E-state index is 11.2. The van der Waals surface area contributed by atoms with Crippen molar-refractivity contribution < 1.29 is 9.90 Å². The van der Waals surface area contributed by atoms with E-state index in [-0.39, 0.29) is 11.8 Å². The van der Waals surface area contributed by atoms with Gasteiger partial charge in [0.2, 0.25) is 0 Å². The summed E-state index contributed by atoms with van der Waals surface area (Å²) in [5.74, 6) is -0.734. The third-order valence-corrected chi connectivity index (χ3v) is 4.86. The third kappa shape index (κ3) is 2.84. The van der Waals surface area contributed by atoms with Crippen LogP contribution in [0.15, 0.2) is 4.47 Å². The lowest BCUT2D eigenvalue weighted by Crippen LogP contribution is -2.24. The van der Waals surface area contributed by atoms with Gasteiger partial charge in [0, 0.05) is 26.2 Å². The number of carbonyl (C=O) groups is 1. The van der Waals surface area contributed by atoms with Gasteiger partial charge in [0.15, 0.2) is 0 Å². The van der Waals surface area contributed by atoms with E-state index in [0.717, 1.165) is 35.5 Å². The zero-order valence-corrected chi connectivity index (χ0v) is 13.1. The van der Waals surface area contributed by atoms with Crippen LogP contribution in [0.2, 0.25) is 0 Å². The third-order valence-electron chi connectivity index (χ3n) is 3.83. The molecule has 5 nitrogen and oxygen atoms in total. The standard InChI is InChI=1S/C13H20BrN3O2/c1-4-17-11(12(14)9(3)15-17)7-16-5-8(2)10(6-16)13(18)19/h8,10H,4-7H2,1-3H3,(H,18,19). The highest BCUT2D eigenvalue weighted by atomic mass is 79.9. The van der Waals surface area contributed by atoms with Gasteiger partial charge in [0.1, 0.15) is 0 Å². The quantitative estimate of drug-likeness (QED) is 0.919. The minimum atomic E-state index is -0.686. The summed E-state index contributed by atoms with van der Waals surface area (Å²) in [6, 6.07) is 0. The molecule has 106 valence electrons. The number of nitrogens with zero attached hydrogens (tertiary/aromatic N) is 3. The highest BCUT2D eigenvalue weighted by molar-refractivity contribution is 9.10. The second-order valence-corrected chi connectivity index (χ2v) is 6.07. The van der Waals surface area contributed by atoms with Crippen LogP contribution in [0.25, 0.3) is 0 Å². The zero-order chi connectivity index (χ0) is 14.2. The lowest BCUT2D eigenvalue weighted by Gasteiger charge is -2.16. The van der Waals surface area contributed by atoms with Gasteiger partial charge in [-0.25, -0.2) is 0 Å². The minimum absolute atomic E-state index is 0.204. The van der Waals surface area contributed by atoms with Gasteiger partial charge in [-0.15, -0.1) is 0 Å². The highest BCUT2D eigenvalue weighted by Gasteiger charge is 2.35. The Morgan fingerprint density at radius 3 is 2.74 bits per heavy atom. The first kappa shape index (κ1) is 14.5. The Bertz CT molecular complexity index is 486. The van der Waals surface area contributed by atoms with Crippen LogP contribution in [0.4, 0.5) is 0 Å². The number of aromatic nitrogens is 2. The van der Waals surface area contributed by atoms with Crippen molar-refractivity contribution in [3.8, 4) is 0 Å². The van der Waals surface area contributed by atoms with Gasteiger partial charge in [-0.2, -0.15) is 5.10 Å². The van der Waals surface area contributed by atoms with E-state index < -0.39 is 5.97 Å². The second-order valence-electron chi connectivity index (χ2n) is 5.28. The minimum Gasteiger partial charge on any atom is -0.481 e. The van der Waals surface area contributed by atoms with Crippen LogP contribution in [-0.2, 0) is 17.9 Å². The molecule has 0 radical (unpaired) electrons. The lowest BCUT2D eigenvalue weighted by atomic mass is 9.99. The second kappa shape index (κ2) is 5.63. The molecule has 0 aliphatic carbocycles. The van der Waals surface area contributed by atoms with Crippen molar-refractivity contribution in [2.45, 2.75) is 33.9 Å². The van der Waals surface area contributed by atoms with Gasteiger partial charge in [-0.1, -0.05) is 6.92 Å². The van der Waals surface area contributed by atoms with Crippen LogP contribution in [0, 0.1) is 18.8 Å². The Morgan fingerprint density at radius 2 is 2.21 bits per heavy atom. The Kier molecular flexibility index (Phi) is 4.30. The first-order valence-electron chi connectivity index (χ1n) is 6.61. The Hall–Kier alpha value is -0.880. The van der Waals surface area contributed by atoms with Crippen molar-refractivity contribution in [3.63, 3.8) is 0 Å². The van der Waals surface area contributed by atoms with Crippen molar-refractivity contribution in [1.29, 1.82) is 0 Å². The first-order chi connectivity index (χ1) is 8.93. The molecule has 1 aromatic rings. The summed E-state index contributed by atoms with van der Waals surface area (Å²) in [5, 5.41) is 13.6. The van der Waals surface area contributed by atoms with Crippen molar-refractivity contribution in [3.05, 3.63) is 15.9 Å². The molecule has 1 N–H and O–H groups in total. The molecule has 0 amide bonds. The molecule has 1 aliphatic heterocycles. The number of carboxylic acid groups (broad SMARTS) is 1. The summed E-state index contributed by atoms with van der Waals surface area (Å²) in [7, 11) is 0. The molecular weight excluding hydrogens is 310 g/mol. The van der Waals surface area contributed by atoms with E-state index in [1.807, 2.05) is 18.5 Å². The monoisotopic (exact) mass is 329 g/mol. The van der Waals surface area contributed by atoms with Crippen LogP contribution in [0.3, 0.4) is 0 Å². The number of hydrogen-bond donors (Lipinski definition) is 1. The Morgan fingerprint density at radius 1 is 1.53 bits per heavy atom. The topological polar surface area (TPSA) is 58.4 Å². The number of rotatable bonds is 4. The smallest absolute Gasteiger partial charge is 0.308 e. The predicted molar refractivity (Wildman–Crippen MR) is 75.9 cm³/mol. The van der Waals surface area contributed by atoms with Crippen LogP contribution >= 0.6 is 15.9 Å². The first-order valence-corrected chi connectivity index (χ1v) is 7.40. The number of likely N-dealkylation sites (tertiary alicyclic amines) is 1. The Balaban J connectivity index is 2.13. The number of halogens is 1. The fourth-order valence-electron chi connectivity index (χ4n) is 2.75. The zero-order valence-electron chi connectivity index (χ0n) is 11.6. The molecule has 1 saturated heterocycles. The number of carboxylic acids is 1. The molecule has 2 rings (SSSR count). The lowest BCUT2D eigenvalue weighted by molar-refractivity contribution is -0.142. The predicted octanol–water partition coefficient (Wildman–Crippen LogP) is 2.13. The summed E-state index contributed by atoms with van der Waals surface area (Å²) >= 11 is 3.58. The van der Waals surface area contributed by atoms with Crippen LogP contribution in [-0.4, -0.2) is 38.8 Å². The van der Waals surface area contributed by atoms with Gasteiger partial charge in [-0.3, -0.25) is 14.4 Å². The van der Waals surface area contributed by atoms with Gasteiger partial charge in [0.05, 0.1) is 21.8 Å². The van der Waals surface area contributed by atoms with E-state index in [0.29, 0.717) is 6.54 Å². The molecule has 2 unspecified atom stereocenters. The van der Waals surface area contributed by atoms with Crippen molar-refractivity contribution in [1.82, 2.24) is 14.7 Å². The van der Waals surface area contributed by atoms with Gasteiger partial charge in [0.25, 0.3) is 0 Å². The summed E-state index contributed by atoms with van der Waals surface area (Å²) in [6.45, 7) is 9.09. The molecule has 0 bridgehead atoms. The normalized spacial score (nSPS) is 24.0. The molecule has 0 spiro atoms. The largest absolute Gasteiger partial charge is 0.481 e. The molecule has 2 heterocycles. The van der Waals surface area contributed by atoms with Crippen LogP contribution < -0.4 is 0 Å². The van der Waals surface area contributed by atoms with Crippen LogP contribution in [0.5, 0.6) is 0 Å². The van der Waals surface area contributed by atoms with Crippen molar-refractivity contribution in [2.24, 2.45) is 11.8 Å². The Labute approximate surface area is 121 Å². The average molecular weight is 330 g/mol. The number of aliphatic carboxylic acids is 1. The molecule has 19 heavy (non-hydrogen) atoms. The molecule has 1 aliphatic rings. The van der Waals surface area contributed by atoms with Crippen LogP contribution in [0.1, 0.15) is 25.2 Å². The van der Waals surface area contributed by atoms with Gasteiger partial charge in [-0.05, 0) is 35.7 Å². The number of hydrogen-bond acceptors (Lipinski definition) is 3. The summed E-state index contributed by atoms with van der Waals surface area (Å²) in [6.07, 6.45) is 0. The number of aryl methyl sites for hydroxylation is 2. The van der Waals surface area contributed by atoms with Crippen molar-refractivity contribution in [2.75, 3.05) is 13.1 Å². The molecule has 0 saturated carbocycles. The maximum atomic E-state index is 11.2. The fraction of sp³-hybridized carbons (Fsp3) is 0.692. The van der Waals surface area contributed by atoms with E-state index in [4.69, 9.17) is 0 Å². The average Bonchev–Trinajstić information content (AvgIpc) is 2.84.